The van der Waals surface area contributed by atoms with E-state index in [1.807, 2.05) is 12.4 Å². The second-order valence-corrected chi connectivity index (χ2v) is 5.95. The highest BCUT2D eigenvalue weighted by molar-refractivity contribution is 7.13. The lowest BCUT2D eigenvalue weighted by Crippen LogP contribution is -2.10. The molecule has 0 saturated carbocycles. The van der Waals surface area contributed by atoms with E-state index < -0.39 is 0 Å². The van der Waals surface area contributed by atoms with Gasteiger partial charge >= 0.3 is 0 Å². The first-order valence-electron chi connectivity index (χ1n) is 6.49. The third-order valence-electron chi connectivity index (χ3n) is 3.03. The van der Waals surface area contributed by atoms with Crippen molar-refractivity contribution in [1.82, 2.24) is 9.38 Å². The zero-order chi connectivity index (χ0) is 13.2. The Morgan fingerprint density at radius 3 is 2.95 bits per heavy atom. The Bertz CT molecular complexity index is 668. The highest BCUT2D eigenvalue weighted by Gasteiger charge is 2.09. The SMILES string of the molecule is CC(C)CNc1nccn2c(-c3cccs3)ccc12. The maximum Gasteiger partial charge on any atom is 0.150 e. The monoisotopic (exact) mass is 271 g/mol. The molecular formula is C15H17N3S. The average molecular weight is 271 g/mol. The van der Waals surface area contributed by atoms with Crippen LogP contribution in [0.2, 0.25) is 0 Å². The summed E-state index contributed by atoms with van der Waals surface area (Å²) in [5.74, 6) is 1.56. The Labute approximate surface area is 116 Å². The van der Waals surface area contributed by atoms with Crippen molar-refractivity contribution in [2.45, 2.75) is 13.8 Å². The number of nitrogens with one attached hydrogen (secondary N) is 1. The third kappa shape index (κ3) is 2.36. The van der Waals surface area contributed by atoms with Crippen LogP contribution in [0.1, 0.15) is 13.8 Å². The lowest BCUT2D eigenvalue weighted by atomic mass is 10.2. The van der Waals surface area contributed by atoms with Crippen molar-refractivity contribution in [2.75, 3.05) is 11.9 Å². The second kappa shape index (κ2) is 5.05. The summed E-state index contributed by atoms with van der Waals surface area (Å²) >= 11 is 1.76. The van der Waals surface area contributed by atoms with Crippen LogP contribution in [0.25, 0.3) is 16.1 Å². The van der Waals surface area contributed by atoms with E-state index in [1.165, 1.54) is 10.6 Å². The number of fused-ring (bicyclic) bond motifs is 1. The Morgan fingerprint density at radius 1 is 1.32 bits per heavy atom. The number of aromatic nitrogens is 2. The summed E-state index contributed by atoms with van der Waals surface area (Å²) in [5.41, 5.74) is 2.35. The van der Waals surface area contributed by atoms with Crippen molar-refractivity contribution in [2.24, 2.45) is 5.92 Å². The molecule has 3 heterocycles. The maximum absolute atomic E-state index is 4.44. The van der Waals surface area contributed by atoms with Gasteiger partial charge in [0.1, 0.15) is 5.82 Å². The van der Waals surface area contributed by atoms with Crippen molar-refractivity contribution >= 4 is 22.7 Å². The van der Waals surface area contributed by atoms with Gasteiger partial charge in [-0.25, -0.2) is 4.98 Å². The number of nitrogens with zero attached hydrogens (tertiary/aromatic N) is 2. The third-order valence-corrected chi connectivity index (χ3v) is 3.92. The highest BCUT2D eigenvalue weighted by atomic mass is 32.1. The summed E-state index contributed by atoms with van der Waals surface area (Å²) in [6.45, 7) is 5.33. The average Bonchev–Trinajstić information content (AvgIpc) is 3.04. The molecule has 0 saturated heterocycles. The van der Waals surface area contributed by atoms with Gasteiger partial charge in [0.25, 0.3) is 0 Å². The molecule has 0 bridgehead atoms. The van der Waals surface area contributed by atoms with E-state index in [4.69, 9.17) is 0 Å². The summed E-state index contributed by atoms with van der Waals surface area (Å²) in [5, 5.41) is 5.52. The van der Waals surface area contributed by atoms with Crippen LogP contribution in [0.3, 0.4) is 0 Å². The quantitative estimate of drug-likeness (QED) is 0.773. The van der Waals surface area contributed by atoms with Gasteiger partial charge in [0.2, 0.25) is 0 Å². The zero-order valence-electron chi connectivity index (χ0n) is 11.1. The Balaban J connectivity index is 2.03. The fraction of sp³-hybridized carbons (Fsp3) is 0.267. The topological polar surface area (TPSA) is 29.3 Å². The lowest BCUT2D eigenvalue weighted by Gasteiger charge is -2.10. The van der Waals surface area contributed by atoms with Gasteiger partial charge in [-0.2, -0.15) is 0 Å². The Hall–Kier alpha value is -1.81. The molecule has 0 aliphatic rings. The largest absolute Gasteiger partial charge is 0.368 e. The number of hydrogen-bond acceptors (Lipinski definition) is 3. The summed E-state index contributed by atoms with van der Waals surface area (Å²) in [4.78, 5) is 5.72. The van der Waals surface area contributed by atoms with Gasteiger partial charge < -0.3 is 9.72 Å². The van der Waals surface area contributed by atoms with Crippen LogP contribution in [-0.2, 0) is 0 Å². The normalized spacial score (nSPS) is 11.3. The van der Waals surface area contributed by atoms with Crippen LogP contribution >= 0.6 is 11.3 Å². The minimum Gasteiger partial charge on any atom is -0.368 e. The van der Waals surface area contributed by atoms with E-state index in [0.717, 1.165) is 17.9 Å². The van der Waals surface area contributed by atoms with E-state index >= 15 is 0 Å². The predicted octanol–water partition coefficient (Wildman–Crippen LogP) is 4.13. The molecule has 98 valence electrons. The lowest BCUT2D eigenvalue weighted by molar-refractivity contribution is 0.687. The number of anilines is 1. The predicted molar refractivity (Wildman–Crippen MR) is 81.8 cm³/mol. The van der Waals surface area contributed by atoms with Crippen LogP contribution in [-0.4, -0.2) is 15.9 Å². The Kier molecular flexibility index (Phi) is 3.25. The smallest absolute Gasteiger partial charge is 0.150 e. The molecule has 0 aliphatic carbocycles. The van der Waals surface area contributed by atoms with Crippen LogP contribution in [0.5, 0.6) is 0 Å². The molecule has 0 amide bonds. The van der Waals surface area contributed by atoms with Crippen molar-refractivity contribution in [3.05, 3.63) is 42.0 Å². The summed E-state index contributed by atoms with van der Waals surface area (Å²) in [7, 11) is 0. The van der Waals surface area contributed by atoms with E-state index in [1.54, 1.807) is 11.3 Å². The van der Waals surface area contributed by atoms with Gasteiger partial charge in [0.05, 0.1) is 16.1 Å². The molecule has 4 heteroatoms. The van der Waals surface area contributed by atoms with Crippen LogP contribution < -0.4 is 5.32 Å². The van der Waals surface area contributed by atoms with Gasteiger partial charge in [-0.3, -0.25) is 0 Å². The summed E-state index contributed by atoms with van der Waals surface area (Å²) < 4.78 is 2.20. The highest BCUT2D eigenvalue weighted by Crippen LogP contribution is 2.28. The number of thiophene rings is 1. The van der Waals surface area contributed by atoms with E-state index in [0.29, 0.717) is 5.92 Å². The van der Waals surface area contributed by atoms with Gasteiger partial charge in [0, 0.05) is 18.9 Å². The van der Waals surface area contributed by atoms with Gasteiger partial charge in [-0.1, -0.05) is 19.9 Å². The van der Waals surface area contributed by atoms with Crippen molar-refractivity contribution in [3.63, 3.8) is 0 Å². The molecule has 0 unspecified atom stereocenters. The molecule has 0 aliphatic heterocycles. The molecule has 3 nitrogen and oxygen atoms in total. The van der Waals surface area contributed by atoms with Crippen LogP contribution in [0.15, 0.2) is 42.0 Å². The minimum absolute atomic E-state index is 0.605. The first kappa shape index (κ1) is 12.2. The van der Waals surface area contributed by atoms with Crippen LogP contribution in [0.4, 0.5) is 5.82 Å². The van der Waals surface area contributed by atoms with Crippen molar-refractivity contribution in [3.8, 4) is 10.6 Å². The molecular weight excluding hydrogens is 254 g/mol. The van der Waals surface area contributed by atoms with E-state index in [-0.39, 0.29) is 0 Å². The van der Waals surface area contributed by atoms with Crippen molar-refractivity contribution < 1.29 is 0 Å². The minimum atomic E-state index is 0.605. The van der Waals surface area contributed by atoms with Gasteiger partial charge in [0.15, 0.2) is 0 Å². The van der Waals surface area contributed by atoms with Gasteiger partial charge in [-0.05, 0) is 29.5 Å². The molecule has 0 fully saturated rings. The summed E-state index contributed by atoms with van der Waals surface area (Å²) in [6.07, 6.45) is 3.87. The zero-order valence-corrected chi connectivity index (χ0v) is 11.9. The molecule has 1 N–H and O–H groups in total. The molecule has 3 aromatic rings. The summed E-state index contributed by atoms with van der Waals surface area (Å²) in [6, 6.07) is 8.51. The second-order valence-electron chi connectivity index (χ2n) is 5.00. The standard InChI is InChI=1S/C15H17N3S/c1-11(2)10-17-15-13-6-5-12(14-4-3-9-19-14)18(13)8-7-16-15/h3-9,11H,10H2,1-2H3,(H,16,17). The first-order valence-corrected chi connectivity index (χ1v) is 7.37. The van der Waals surface area contributed by atoms with Crippen molar-refractivity contribution in [1.29, 1.82) is 0 Å². The van der Waals surface area contributed by atoms with Gasteiger partial charge in [-0.15, -0.1) is 11.3 Å². The molecule has 3 rings (SSSR count). The molecule has 0 radical (unpaired) electrons. The van der Waals surface area contributed by atoms with Crippen LogP contribution in [0, 0.1) is 5.92 Å². The fourth-order valence-electron chi connectivity index (χ4n) is 2.10. The number of rotatable bonds is 4. The number of hydrogen-bond donors (Lipinski definition) is 1. The molecule has 3 aromatic heterocycles. The van der Waals surface area contributed by atoms with E-state index in [9.17, 15) is 0 Å². The maximum atomic E-state index is 4.44. The Morgan fingerprint density at radius 2 is 2.21 bits per heavy atom. The van der Waals surface area contributed by atoms with E-state index in [2.05, 4.69) is 58.2 Å². The molecule has 0 atom stereocenters. The first-order chi connectivity index (χ1) is 9.25. The molecule has 0 spiro atoms. The molecule has 0 aromatic carbocycles. The fourth-order valence-corrected chi connectivity index (χ4v) is 2.85. The molecule has 19 heavy (non-hydrogen) atoms.